The zero-order chi connectivity index (χ0) is 22.9. The van der Waals surface area contributed by atoms with Gasteiger partial charge in [0.2, 0.25) is 5.91 Å². The van der Waals surface area contributed by atoms with Crippen LogP contribution in [0.15, 0.2) is 35.5 Å². The van der Waals surface area contributed by atoms with Gasteiger partial charge < -0.3 is 15.5 Å². The summed E-state index contributed by atoms with van der Waals surface area (Å²) >= 11 is 6.39. The van der Waals surface area contributed by atoms with Gasteiger partial charge in [0.15, 0.2) is 0 Å². The second kappa shape index (κ2) is 9.30. The normalized spacial score (nSPS) is 19.8. The molecule has 3 rings (SSSR count). The monoisotopic (exact) mass is 446 g/mol. The summed E-state index contributed by atoms with van der Waals surface area (Å²) in [4.78, 5) is 42.3. The second-order valence-corrected chi connectivity index (χ2v) is 9.45. The summed E-state index contributed by atoms with van der Waals surface area (Å²) in [5.74, 6) is 0.128. The first kappa shape index (κ1) is 23.1. The third kappa shape index (κ3) is 4.71. The van der Waals surface area contributed by atoms with E-state index in [0.29, 0.717) is 40.7 Å². The molecule has 0 bridgehead atoms. The van der Waals surface area contributed by atoms with E-state index in [4.69, 9.17) is 11.6 Å². The quantitative estimate of drug-likeness (QED) is 0.674. The summed E-state index contributed by atoms with van der Waals surface area (Å²) in [6.07, 6.45) is 0.540. The molecule has 2 atom stereocenters. The number of rotatable bonds is 7. The van der Waals surface area contributed by atoms with E-state index in [9.17, 15) is 14.4 Å². The lowest BCUT2D eigenvalue weighted by Gasteiger charge is -2.31. The summed E-state index contributed by atoms with van der Waals surface area (Å²) in [5.41, 5.74) is 1.75. The van der Waals surface area contributed by atoms with Gasteiger partial charge in [-0.05, 0) is 29.9 Å². The molecule has 31 heavy (non-hydrogen) atoms. The third-order valence-electron chi connectivity index (χ3n) is 5.66. The van der Waals surface area contributed by atoms with E-state index in [1.807, 2.05) is 33.8 Å². The maximum atomic E-state index is 13.6. The first-order chi connectivity index (χ1) is 14.6. The molecular weight excluding hydrogens is 416 g/mol. The molecule has 2 aliphatic heterocycles. The Morgan fingerprint density at radius 3 is 2.48 bits per heavy atom. The zero-order valence-electron chi connectivity index (χ0n) is 18.7. The van der Waals surface area contributed by atoms with Gasteiger partial charge in [-0.15, -0.1) is 0 Å². The van der Waals surface area contributed by atoms with Crippen LogP contribution in [-0.4, -0.2) is 53.8 Å². The van der Waals surface area contributed by atoms with Crippen LogP contribution in [0.2, 0.25) is 5.02 Å². The number of nitrogens with one attached hydrogen (secondary N) is 2. The van der Waals surface area contributed by atoms with E-state index in [-0.39, 0.29) is 30.3 Å². The van der Waals surface area contributed by atoms with Gasteiger partial charge in [0.1, 0.15) is 6.04 Å². The van der Waals surface area contributed by atoms with E-state index in [1.165, 1.54) is 4.90 Å². The van der Waals surface area contributed by atoms with Crippen molar-refractivity contribution in [3.8, 4) is 0 Å². The summed E-state index contributed by atoms with van der Waals surface area (Å²) in [6, 6.07) is 5.61. The van der Waals surface area contributed by atoms with Gasteiger partial charge in [0.05, 0.1) is 23.9 Å². The molecule has 1 aromatic carbocycles. The Bertz CT molecular complexity index is 912. The van der Waals surface area contributed by atoms with Crippen LogP contribution in [0.4, 0.5) is 4.79 Å². The Morgan fingerprint density at radius 2 is 1.87 bits per heavy atom. The maximum Gasteiger partial charge on any atom is 0.322 e. The van der Waals surface area contributed by atoms with Crippen molar-refractivity contribution in [1.29, 1.82) is 0 Å². The standard InChI is InChI=1S/C23H31ClN4O3/c1-13(2)10-17(21(29)25-11-14(3)4)28-12-18-19(22(28)30)20(26-23(31)27(18)5)15-8-6-7-9-16(15)24/h6-9,13-14,17,20H,10-12H2,1-5H3,(H,25,29)(H,26,31)/t17-,20+/m0/s1. The van der Waals surface area contributed by atoms with Crippen LogP contribution in [0.1, 0.15) is 45.7 Å². The number of hydrogen-bond donors (Lipinski definition) is 2. The fourth-order valence-electron chi connectivity index (χ4n) is 4.03. The lowest BCUT2D eigenvalue weighted by atomic mass is 9.95. The molecule has 4 amide bonds. The van der Waals surface area contributed by atoms with Crippen LogP contribution >= 0.6 is 11.6 Å². The molecule has 8 heteroatoms. The van der Waals surface area contributed by atoms with Crippen molar-refractivity contribution in [2.24, 2.45) is 11.8 Å². The van der Waals surface area contributed by atoms with Crippen molar-refractivity contribution < 1.29 is 14.4 Å². The predicted molar refractivity (Wildman–Crippen MR) is 120 cm³/mol. The van der Waals surface area contributed by atoms with Gasteiger partial charge in [0, 0.05) is 18.6 Å². The van der Waals surface area contributed by atoms with Gasteiger partial charge in [-0.1, -0.05) is 57.5 Å². The van der Waals surface area contributed by atoms with E-state index in [1.54, 1.807) is 30.1 Å². The van der Waals surface area contributed by atoms with Crippen molar-refractivity contribution in [2.45, 2.75) is 46.2 Å². The molecule has 0 spiro atoms. The smallest absolute Gasteiger partial charge is 0.322 e. The highest BCUT2D eigenvalue weighted by molar-refractivity contribution is 6.31. The fraction of sp³-hybridized carbons (Fsp3) is 0.522. The third-order valence-corrected chi connectivity index (χ3v) is 6.01. The van der Waals surface area contributed by atoms with Crippen LogP contribution in [-0.2, 0) is 9.59 Å². The number of halogens is 1. The average Bonchev–Trinajstić information content (AvgIpc) is 3.05. The lowest BCUT2D eigenvalue weighted by Crippen LogP contribution is -2.49. The van der Waals surface area contributed by atoms with Gasteiger partial charge in [0.25, 0.3) is 5.91 Å². The molecule has 7 nitrogen and oxygen atoms in total. The minimum atomic E-state index is -0.650. The fourth-order valence-corrected chi connectivity index (χ4v) is 4.27. The number of carbonyl (C=O) groups is 3. The number of hydrogen-bond acceptors (Lipinski definition) is 3. The summed E-state index contributed by atoms with van der Waals surface area (Å²) in [5, 5.41) is 6.34. The number of urea groups is 1. The van der Waals surface area contributed by atoms with Crippen LogP contribution in [0.5, 0.6) is 0 Å². The summed E-state index contributed by atoms with van der Waals surface area (Å²) in [7, 11) is 1.64. The molecular formula is C23H31ClN4O3. The first-order valence-electron chi connectivity index (χ1n) is 10.7. The molecule has 1 aromatic rings. The first-order valence-corrected chi connectivity index (χ1v) is 11.1. The number of benzene rings is 1. The highest BCUT2D eigenvalue weighted by atomic mass is 35.5. The second-order valence-electron chi connectivity index (χ2n) is 9.04. The van der Waals surface area contributed by atoms with Gasteiger partial charge in [-0.3, -0.25) is 14.5 Å². The van der Waals surface area contributed by atoms with E-state index in [0.717, 1.165) is 0 Å². The van der Waals surface area contributed by atoms with Crippen LogP contribution in [0, 0.1) is 11.8 Å². The van der Waals surface area contributed by atoms with Gasteiger partial charge in [-0.25, -0.2) is 4.79 Å². The van der Waals surface area contributed by atoms with E-state index in [2.05, 4.69) is 10.6 Å². The van der Waals surface area contributed by atoms with Crippen molar-refractivity contribution >= 4 is 29.4 Å². The Hall–Kier alpha value is -2.54. The highest BCUT2D eigenvalue weighted by Gasteiger charge is 2.46. The molecule has 0 saturated carbocycles. The largest absolute Gasteiger partial charge is 0.354 e. The molecule has 168 valence electrons. The Kier molecular flexibility index (Phi) is 6.94. The molecule has 2 N–H and O–H groups in total. The summed E-state index contributed by atoms with van der Waals surface area (Å²) in [6.45, 7) is 8.87. The maximum absolute atomic E-state index is 13.6. The lowest BCUT2D eigenvalue weighted by molar-refractivity contribution is -0.137. The Balaban J connectivity index is 1.96. The molecule has 0 saturated heterocycles. The van der Waals surface area contributed by atoms with Crippen molar-refractivity contribution in [1.82, 2.24) is 20.4 Å². The van der Waals surface area contributed by atoms with Gasteiger partial charge >= 0.3 is 6.03 Å². The van der Waals surface area contributed by atoms with E-state index >= 15 is 0 Å². The van der Waals surface area contributed by atoms with Crippen LogP contribution in [0.3, 0.4) is 0 Å². The molecule has 0 fully saturated rings. The molecule has 0 unspecified atom stereocenters. The number of likely N-dealkylation sites (N-methyl/N-ethyl adjacent to an activating group) is 1. The minimum Gasteiger partial charge on any atom is -0.354 e. The highest BCUT2D eigenvalue weighted by Crippen LogP contribution is 2.39. The minimum absolute atomic E-state index is 0.160. The molecule has 0 aliphatic carbocycles. The molecule has 0 aromatic heterocycles. The molecule has 2 aliphatic rings. The number of carbonyl (C=O) groups excluding carboxylic acids is 3. The Labute approximate surface area is 188 Å². The van der Waals surface area contributed by atoms with Crippen molar-refractivity contribution in [3.05, 3.63) is 46.1 Å². The SMILES string of the molecule is CC(C)CNC(=O)[C@H](CC(C)C)N1CC2=C(C1=O)[C@@H](c1ccccc1Cl)NC(=O)N2C. The molecule has 0 radical (unpaired) electrons. The van der Waals surface area contributed by atoms with Crippen LogP contribution < -0.4 is 10.6 Å². The molecule has 2 heterocycles. The van der Waals surface area contributed by atoms with Crippen molar-refractivity contribution in [3.63, 3.8) is 0 Å². The number of amides is 4. The van der Waals surface area contributed by atoms with Crippen molar-refractivity contribution in [2.75, 3.05) is 20.1 Å². The zero-order valence-corrected chi connectivity index (χ0v) is 19.5. The average molecular weight is 447 g/mol. The topological polar surface area (TPSA) is 81.8 Å². The van der Waals surface area contributed by atoms with Gasteiger partial charge in [-0.2, -0.15) is 0 Å². The summed E-state index contributed by atoms with van der Waals surface area (Å²) < 4.78 is 0. The Morgan fingerprint density at radius 1 is 1.19 bits per heavy atom. The predicted octanol–water partition coefficient (Wildman–Crippen LogP) is 3.32. The number of nitrogens with zero attached hydrogens (tertiary/aromatic N) is 2. The van der Waals surface area contributed by atoms with E-state index < -0.39 is 12.1 Å². The van der Waals surface area contributed by atoms with Crippen LogP contribution in [0.25, 0.3) is 0 Å².